The molecule has 1 unspecified atom stereocenters. The molecular formula is C9H13NO2. The lowest BCUT2D eigenvalue weighted by molar-refractivity contribution is 0.163. The van der Waals surface area contributed by atoms with Crippen LogP contribution in [0.3, 0.4) is 0 Å². The van der Waals surface area contributed by atoms with Gasteiger partial charge in [-0.15, -0.1) is 0 Å². The molecule has 3 nitrogen and oxygen atoms in total. The molecule has 66 valence electrons. The molecule has 3 heteroatoms. The Labute approximate surface area is 71.6 Å². The zero-order valence-electron chi connectivity index (χ0n) is 6.90. The zero-order chi connectivity index (χ0) is 8.88. The molecule has 2 aliphatic rings. The van der Waals surface area contributed by atoms with Crippen LogP contribution in [-0.4, -0.2) is 46.5 Å². The SMILES string of the molecule is C=C1C2C(=C)[C@@H](O)CN2C[C@H]1O. The van der Waals surface area contributed by atoms with Crippen molar-refractivity contribution in [3.05, 3.63) is 24.3 Å². The molecule has 0 spiro atoms. The number of hydrogen-bond acceptors (Lipinski definition) is 3. The summed E-state index contributed by atoms with van der Waals surface area (Å²) >= 11 is 0. The largest absolute Gasteiger partial charge is 0.387 e. The minimum atomic E-state index is -0.445. The third kappa shape index (κ3) is 0.874. The maximum atomic E-state index is 9.44. The van der Waals surface area contributed by atoms with E-state index < -0.39 is 12.2 Å². The molecule has 0 radical (unpaired) electrons. The van der Waals surface area contributed by atoms with Crippen molar-refractivity contribution >= 4 is 0 Å². The van der Waals surface area contributed by atoms with Crippen LogP contribution >= 0.6 is 0 Å². The van der Waals surface area contributed by atoms with Crippen LogP contribution < -0.4 is 0 Å². The van der Waals surface area contributed by atoms with Gasteiger partial charge in [0.15, 0.2) is 0 Å². The van der Waals surface area contributed by atoms with E-state index in [4.69, 9.17) is 0 Å². The van der Waals surface area contributed by atoms with E-state index in [1.807, 2.05) is 4.90 Å². The smallest absolute Gasteiger partial charge is 0.0893 e. The summed E-state index contributed by atoms with van der Waals surface area (Å²) in [5.74, 6) is 0. The van der Waals surface area contributed by atoms with E-state index in [0.717, 1.165) is 11.1 Å². The first kappa shape index (κ1) is 7.98. The molecule has 0 aromatic heterocycles. The molecule has 0 aromatic carbocycles. The Kier molecular flexibility index (Phi) is 1.61. The van der Waals surface area contributed by atoms with Crippen LogP contribution in [0.1, 0.15) is 0 Å². The highest BCUT2D eigenvalue weighted by Gasteiger charge is 2.43. The highest BCUT2D eigenvalue weighted by atomic mass is 16.3. The fourth-order valence-electron chi connectivity index (χ4n) is 2.04. The Balaban J connectivity index is 2.26. The normalized spacial score (nSPS) is 42.3. The summed E-state index contributed by atoms with van der Waals surface area (Å²) in [5.41, 5.74) is 1.55. The zero-order valence-corrected chi connectivity index (χ0v) is 6.90. The van der Waals surface area contributed by atoms with Gasteiger partial charge in [-0.2, -0.15) is 0 Å². The van der Waals surface area contributed by atoms with Crippen molar-refractivity contribution in [3.8, 4) is 0 Å². The molecule has 2 rings (SSSR count). The van der Waals surface area contributed by atoms with Crippen molar-refractivity contribution in [2.75, 3.05) is 13.1 Å². The lowest BCUT2D eigenvalue weighted by Gasteiger charge is -2.13. The van der Waals surface area contributed by atoms with Crippen LogP contribution in [0.15, 0.2) is 24.3 Å². The molecule has 3 atom stereocenters. The maximum Gasteiger partial charge on any atom is 0.0893 e. The van der Waals surface area contributed by atoms with Crippen molar-refractivity contribution in [2.45, 2.75) is 18.2 Å². The standard InChI is InChI=1S/C9H13NO2/c1-5-7(11)3-10-4-8(12)6(2)9(5)10/h7-9,11-12H,1-4H2/t7-,8+,9?. The molecule has 2 heterocycles. The van der Waals surface area contributed by atoms with Gasteiger partial charge in [0, 0.05) is 13.1 Å². The highest BCUT2D eigenvalue weighted by Crippen LogP contribution is 2.34. The van der Waals surface area contributed by atoms with Crippen molar-refractivity contribution in [1.29, 1.82) is 0 Å². The molecule has 0 amide bonds. The fourth-order valence-corrected chi connectivity index (χ4v) is 2.04. The Morgan fingerprint density at radius 1 is 1.08 bits per heavy atom. The predicted octanol–water partition coefficient (Wildman–Crippen LogP) is -0.482. The summed E-state index contributed by atoms with van der Waals surface area (Å²) < 4.78 is 0. The van der Waals surface area contributed by atoms with Crippen LogP contribution in [0.25, 0.3) is 0 Å². The van der Waals surface area contributed by atoms with Gasteiger partial charge < -0.3 is 10.2 Å². The summed E-state index contributed by atoms with van der Waals surface area (Å²) in [7, 11) is 0. The van der Waals surface area contributed by atoms with Crippen LogP contribution in [-0.2, 0) is 0 Å². The summed E-state index contributed by atoms with van der Waals surface area (Å²) in [6.07, 6.45) is -0.890. The van der Waals surface area contributed by atoms with Crippen LogP contribution in [0.2, 0.25) is 0 Å². The van der Waals surface area contributed by atoms with Gasteiger partial charge in [0.2, 0.25) is 0 Å². The minimum Gasteiger partial charge on any atom is -0.387 e. The Hall–Kier alpha value is -0.640. The van der Waals surface area contributed by atoms with E-state index in [1.54, 1.807) is 0 Å². The van der Waals surface area contributed by atoms with E-state index in [0.29, 0.717) is 13.1 Å². The maximum absolute atomic E-state index is 9.44. The topological polar surface area (TPSA) is 43.7 Å². The monoisotopic (exact) mass is 167 g/mol. The van der Waals surface area contributed by atoms with Gasteiger partial charge in [0.1, 0.15) is 0 Å². The number of aliphatic hydroxyl groups excluding tert-OH is 2. The van der Waals surface area contributed by atoms with Gasteiger partial charge in [0.05, 0.1) is 18.2 Å². The summed E-state index contributed by atoms with van der Waals surface area (Å²) in [4.78, 5) is 2.01. The van der Waals surface area contributed by atoms with E-state index in [-0.39, 0.29) is 6.04 Å². The predicted molar refractivity (Wildman–Crippen MR) is 45.7 cm³/mol. The average molecular weight is 167 g/mol. The molecule has 0 aliphatic carbocycles. The molecule has 2 aliphatic heterocycles. The first-order valence-electron chi connectivity index (χ1n) is 4.09. The van der Waals surface area contributed by atoms with Gasteiger partial charge in [0.25, 0.3) is 0 Å². The lowest BCUT2D eigenvalue weighted by Crippen LogP contribution is -2.25. The van der Waals surface area contributed by atoms with E-state index >= 15 is 0 Å². The number of rotatable bonds is 0. The quantitative estimate of drug-likeness (QED) is 0.479. The summed E-state index contributed by atoms with van der Waals surface area (Å²) in [6.45, 7) is 8.76. The third-order valence-corrected chi connectivity index (χ3v) is 2.74. The summed E-state index contributed by atoms with van der Waals surface area (Å²) in [6, 6.07) is 0.00926. The Morgan fingerprint density at radius 3 is 1.83 bits per heavy atom. The fraction of sp³-hybridized carbons (Fsp3) is 0.556. The third-order valence-electron chi connectivity index (χ3n) is 2.74. The second kappa shape index (κ2) is 2.42. The van der Waals surface area contributed by atoms with Crippen LogP contribution in [0.4, 0.5) is 0 Å². The molecule has 12 heavy (non-hydrogen) atoms. The first-order chi connectivity index (χ1) is 5.61. The Bertz CT molecular complexity index is 225. The van der Waals surface area contributed by atoms with Gasteiger partial charge >= 0.3 is 0 Å². The second-order valence-corrected chi connectivity index (χ2v) is 3.54. The molecule has 2 N–H and O–H groups in total. The number of nitrogens with zero attached hydrogens (tertiary/aromatic N) is 1. The van der Waals surface area contributed by atoms with Gasteiger partial charge in [-0.05, 0) is 11.1 Å². The first-order valence-corrected chi connectivity index (χ1v) is 4.09. The van der Waals surface area contributed by atoms with Gasteiger partial charge in [-0.3, -0.25) is 4.90 Å². The summed E-state index contributed by atoms with van der Waals surface area (Å²) in [5, 5.41) is 18.9. The van der Waals surface area contributed by atoms with Crippen molar-refractivity contribution < 1.29 is 10.2 Å². The van der Waals surface area contributed by atoms with Crippen molar-refractivity contribution in [3.63, 3.8) is 0 Å². The van der Waals surface area contributed by atoms with E-state index in [2.05, 4.69) is 13.2 Å². The molecule has 0 aromatic rings. The second-order valence-electron chi connectivity index (χ2n) is 3.54. The van der Waals surface area contributed by atoms with Crippen LogP contribution in [0, 0.1) is 0 Å². The molecular weight excluding hydrogens is 154 g/mol. The minimum absolute atomic E-state index is 0.00926. The Morgan fingerprint density at radius 2 is 1.50 bits per heavy atom. The van der Waals surface area contributed by atoms with Crippen molar-refractivity contribution in [1.82, 2.24) is 4.90 Å². The average Bonchev–Trinajstić information content (AvgIpc) is 2.40. The van der Waals surface area contributed by atoms with Crippen LogP contribution in [0.5, 0.6) is 0 Å². The molecule has 2 saturated heterocycles. The molecule has 2 fully saturated rings. The van der Waals surface area contributed by atoms with E-state index in [9.17, 15) is 10.2 Å². The number of hydrogen-bond donors (Lipinski definition) is 2. The molecule has 0 bridgehead atoms. The number of fused-ring (bicyclic) bond motifs is 1. The number of aliphatic hydroxyl groups is 2. The van der Waals surface area contributed by atoms with Crippen molar-refractivity contribution in [2.24, 2.45) is 0 Å². The van der Waals surface area contributed by atoms with Gasteiger partial charge in [-0.1, -0.05) is 13.2 Å². The molecule has 0 saturated carbocycles. The van der Waals surface area contributed by atoms with E-state index in [1.165, 1.54) is 0 Å². The lowest BCUT2D eigenvalue weighted by atomic mass is 10.0. The van der Waals surface area contributed by atoms with Gasteiger partial charge in [-0.25, -0.2) is 0 Å². The highest BCUT2D eigenvalue weighted by molar-refractivity contribution is 5.35.